The Morgan fingerprint density at radius 2 is 2.06 bits per heavy atom. The maximum absolute atomic E-state index is 3.79. The van der Waals surface area contributed by atoms with E-state index >= 15 is 0 Å². The van der Waals surface area contributed by atoms with Crippen LogP contribution in [0.5, 0.6) is 0 Å². The fourth-order valence-electron chi connectivity index (χ4n) is 3.72. The summed E-state index contributed by atoms with van der Waals surface area (Å²) in [7, 11) is 0. The Kier molecular flexibility index (Phi) is 3.20. The van der Waals surface area contributed by atoms with Crippen molar-refractivity contribution in [2.45, 2.75) is 64.5 Å². The normalized spacial score (nSPS) is 37.8. The van der Waals surface area contributed by atoms with E-state index in [0.717, 1.165) is 18.0 Å². The molecule has 1 aliphatic heterocycles. The average Bonchev–Trinajstić information content (AvgIpc) is 3.11. The minimum absolute atomic E-state index is 0.652. The molecule has 2 nitrogen and oxygen atoms in total. The molecule has 2 heteroatoms. The highest BCUT2D eigenvalue weighted by Gasteiger charge is 2.40. The van der Waals surface area contributed by atoms with Crippen molar-refractivity contribution in [3.8, 4) is 0 Å². The van der Waals surface area contributed by atoms with Gasteiger partial charge in [-0.1, -0.05) is 20.3 Å². The molecule has 2 unspecified atom stereocenters. The molecule has 0 bridgehead atoms. The van der Waals surface area contributed by atoms with Gasteiger partial charge in [-0.15, -0.1) is 0 Å². The zero-order valence-electron chi connectivity index (χ0n) is 11.5. The molecule has 0 amide bonds. The third-order valence-electron chi connectivity index (χ3n) is 5.37. The Balaban J connectivity index is 1.60. The molecule has 1 saturated heterocycles. The predicted molar refractivity (Wildman–Crippen MR) is 72.1 cm³/mol. The second-order valence-corrected chi connectivity index (χ2v) is 7.01. The highest BCUT2D eigenvalue weighted by atomic mass is 15.2. The second kappa shape index (κ2) is 4.55. The molecule has 98 valence electrons. The minimum Gasteiger partial charge on any atom is -0.311 e. The second-order valence-electron chi connectivity index (χ2n) is 7.01. The summed E-state index contributed by atoms with van der Waals surface area (Å²) in [5.74, 6) is 1.00. The third kappa shape index (κ3) is 2.53. The molecule has 17 heavy (non-hydrogen) atoms. The van der Waals surface area contributed by atoms with Crippen LogP contribution in [0.3, 0.4) is 0 Å². The highest BCUT2D eigenvalue weighted by molar-refractivity contribution is 4.97. The van der Waals surface area contributed by atoms with E-state index in [-0.39, 0.29) is 0 Å². The maximum atomic E-state index is 3.79. The summed E-state index contributed by atoms with van der Waals surface area (Å²) in [6.07, 6.45) is 8.63. The van der Waals surface area contributed by atoms with Gasteiger partial charge in [0, 0.05) is 31.7 Å². The lowest BCUT2D eigenvalue weighted by atomic mass is 9.70. The molecular formula is C15H28N2. The molecule has 1 heterocycles. The third-order valence-corrected chi connectivity index (χ3v) is 5.37. The van der Waals surface area contributed by atoms with Gasteiger partial charge in [-0.3, -0.25) is 4.90 Å². The lowest BCUT2D eigenvalue weighted by molar-refractivity contribution is 0.0319. The van der Waals surface area contributed by atoms with Gasteiger partial charge >= 0.3 is 0 Å². The van der Waals surface area contributed by atoms with Crippen LogP contribution in [0.4, 0.5) is 0 Å². The van der Waals surface area contributed by atoms with Gasteiger partial charge in [-0.05, 0) is 43.4 Å². The summed E-state index contributed by atoms with van der Waals surface area (Å²) in [4.78, 5) is 2.82. The number of hydrogen-bond acceptors (Lipinski definition) is 2. The molecule has 0 aromatic heterocycles. The SMILES string of the molecule is CCC1CNC(C2CC2)CN1CC1(C)CCC1. The van der Waals surface area contributed by atoms with Crippen LogP contribution in [0.1, 0.15) is 52.4 Å². The van der Waals surface area contributed by atoms with Gasteiger partial charge in [0.25, 0.3) is 0 Å². The molecule has 3 rings (SSSR count). The number of piperazine rings is 1. The van der Waals surface area contributed by atoms with Crippen LogP contribution in [0, 0.1) is 11.3 Å². The fourth-order valence-corrected chi connectivity index (χ4v) is 3.72. The van der Waals surface area contributed by atoms with Gasteiger partial charge in [0.15, 0.2) is 0 Å². The molecule has 0 aromatic carbocycles. The molecule has 0 spiro atoms. The van der Waals surface area contributed by atoms with Gasteiger partial charge in [-0.2, -0.15) is 0 Å². The number of nitrogens with zero attached hydrogens (tertiary/aromatic N) is 1. The Hall–Kier alpha value is -0.0800. The first-order chi connectivity index (χ1) is 8.20. The predicted octanol–water partition coefficient (Wildman–Crippen LogP) is 2.64. The van der Waals surface area contributed by atoms with Crippen molar-refractivity contribution in [1.29, 1.82) is 0 Å². The standard InChI is InChI=1S/C15H28N2/c1-3-13-9-16-14(12-5-6-12)10-17(13)11-15(2)7-4-8-15/h12-14,16H,3-11H2,1-2H3. The van der Waals surface area contributed by atoms with E-state index in [9.17, 15) is 0 Å². The van der Waals surface area contributed by atoms with Crippen LogP contribution in [0.15, 0.2) is 0 Å². The van der Waals surface area contributed by atoms with Crippen molar-refractivity contribution in [3.63, 3.8) is 0 Å². The van der Waals surface area contributed by atoms with Crippen molar-refractivity contribution in [1.82, 2.24) is 10.2 Å². The summed E-state index contributed by atoms with van der Waals surface area (Å²) < 4.78 is 0. The first-order valence-electron chi connectivity index (χ1n) is 7.68. The zero-order chi connectivity index (χ0) is 11.9. The quantitative estimate of drug-likeness (QED) is 0.807. The molecule has 2 aliphatic carbocycles. The van der Waals surface area contributed by atoms with Gasteiger partial charge in [0.2, 0.25) is 0 Å². The Labute approximate surface area is 106 Å². The monoisotopic (exact) mass is 236 g/mol. The Morgan fingerprint density at radius 1 is 1.29 bits per heavy atom. The largest absolute Gasteiger partial charge is 0.311 e. The van der Waals surface area contributed by atoms with E-state index in [1.807, 2.05) is 0 Å². The topological polar surface area (TPSA) is 15.3 Å². The summed E-state index contributed by atoms with van der Waals surface area (Å²) in [6, 6.07) is 1.60. The molecule has 3 aliphatic rings. The van der Waals surface area contributed by atoms with Crippen LogP contribution in [0.2, 0.25) is 0 Å². The van der Waals surface area contributed by atoms with Gasteiger partial charge in [0.05, 0.1) is 0 Å². The summed E-state index contributed by atoms with van der Waals surface area (Å²) in [5.41, 5.74) is 0.652. The van der Waals surface area contributed by atoms with Crippen molar-refractivity contribution in [3.05, 3.63) is 0 Å². The van der Waals surface area contributed by atoms with Gasteiger partial charge < -0.3 is 5.32 Å². The molecule has 3 fully saturated rings. The molecule has 2 saturated carbocycles. The van der Waals surface area contributed by atoms with Crippen LogP contribution in [-0.2, 0) is 0 Å². The van der Waals surface area contributed by atoms with Crippen LogP contribution < -0.4 is 5.32 Å². The fraction of sp³-hybridized carbons (Fsp3) is 1.00. The van der Waals surface area contributed by atoms with Crippen molar-refractivity contribution >= 4 is 0 Å². The summed E-state index contributed by atoms with van der Waals surface area (Å²) >= 11 is 0. The lowest BCUT2D eigenvalue weighted by Crippen LogP contribution is -2.59. The summed E-state index contributed by atoms with van der Waals surface area (Å²) in [6.45, 7) is 8.75. The van der Waals surface area contributed by atoms with E-state index in [2.05, 4.69) is 24.1 Å². The Bertz CT molecular complexity index is 268. The lowest BCUT2D eigenvalue weighted by Gasteiger charge is -2.48. The minimum atomic E-state index is 0.652. The number of rotatable bonds is 4. The van der Waals surface area contributed by atoms with E-state index in [4.69, 9.17) is 0 Å². The van der Waals surface area contributed by atoms with Crippen LogP contribution in [-0.4, -0.2) is 36.6 Å². The first kappa shape index (κ1) is 12.0. The van der Waals surface area contributed by atoms with Gasteiger partial charge in [-0.25, -0.2) is 0 Å². The van der Waals surface area contributed by atoms with Crippen molar-refractivity contribution in [2.75, 3.05) is 19.6 Å². The van der Waals surface area contributed by atoms with Crippen molar-refractivity contribution < 1.29 is 0 Å². The number of hydrogen-bond donors (Lipinski definition) is 1. The zero-order valence-corrected chi connectivity index (χ0v) is 11.5. The molecule has 1 N–H and O–H groups in total. The average molecular weight is 236 g/mol. The van der Waals surface area contributed by atoms with Gasteiger partial charge in [0.1, 0.15) is 0 Å². The highest BCUT2D eigenvalue weighted by Crippen LogP contribution is 2.42. The summed E-state index contributed by atoms with van der Waals surface area (Å²) in [5, 5.41) is 3.79. The smallest absolute Gasteiger partial charge is 0.0224 e. The molecule has 0 aromatic rings. The molecular weight excluding hydrogens is 208 g/mol. The van der Waals surface area contributed by atoms with E-state index in [1.54, 1.807) is 0 Å². The first-order valence-corrected chi connectivity index (χ1v) is 7.68. The maximum Gasteiger partial charge on any atom is 0.0224 e. The van der Waals surface area contributed by atoms with Crippen LogP contribution in [0.25, 0.3) is 0 Å². The molecule has 0 radical (unpaired) electrons. The van der Waals surface area contributed by atoms with E-state index < -0.39 is 0 Å². The number of nitrogens with one attached hydrogen (secondary N) is 1. The van der Waals surface area contributed by atoms with E-state index in [0.29, 0.717) is 5.41 Å². The van der Waals surface area contributed by atoms with Crippen LogP contribution >= 0.6 is 0 Å². The molecule has 2 atom stereocenters. The van der Waals surface area contributed by atoms with E-state index in [1.165, 1.54) is 58.2 Å². The van der Waals surface area contributed by atoms with Crippen molar-refractivity contribution in [2.24, 2.45) is 11.3 Å². The Morgan fingerprint density at radius 3 is 2.59 bits per heavy atom.